The Hall–Kier alpha value is -1.36. The summed E-state index contributed by atoms with van der Waals surface area (Å²) >= 11 is 0. The molecule has 0 aliphatic rings. The predicted molar refractivity (Wildman–Crippen MR) is 76.2 cm³/mol. The number of carboxylic acid groups (broad SMARTS) is 1. The Labute approximate surface area is 116 Å². The van der Waals surface area contributed by atoms with Gasteiger partial charge in [-0.2, -0.15) is 0 Å². The van der Waals surface area contributed by atoms with Crippen LogP contribution < -0.4 is 4.74 Å². The van der Waals surface area contributed by atoms with Gasteiger partial charge in [-0.25, -0.2) is 4.79 Å². The highest BCUT2D eigenvalue weighted by atomic mass is 32.2. The van der Waals surface area contributed by atoms with Crippen LogP contribution in [0.4, 0.5) is 0 Å². The van der Waals surface area contributed by atoms with Crippen LogP contribution in [-0.4, -0.2) is 32.9 Å². The van der Waals surface area contributed by atoms with Crippen molar-refractivity contribution in [1.29, 1.82) is 0 Å². The van der Waals surface area contributed by atoms with Crippen molar-refractivity contribution in [2.75, 3.05) is 12.4 Å². The maximum absolute atomic E-state index is 11.9. The standard InChI is InChI=1S/C14H20O4S/c1-10(2)11(3)19(17)8-7-18-13-6-4-5-12(9-13)14(15)16/h4-6,9-11H,7-8H2,1-3H3,(H,15,16). The van der Waals surface area contributed by atoms with E-state index in [2.05, 4.69) is 0 Å². The molecule has 0 aliphatic carbocycles. The molecule has 0 bridgehead atoms. The maximum atomic E-state index is 11.9. The monoisotopic (exact) mass is 284 g/mol. The molecule has 0 aromatic heterocycles. The minimum Gasteiger partial charge on any atom is -0.493 e. The number of ether oxygens (including phenoxy) is 1. The number of benzene rings is 1. The summed E-state index contributed by atoms with van der Waals surface area (Å²) in [5.41, 5.74) is 0.189. The highest BCUT2D eigenvalue weighted by Gasteiger charge is 2.14. The van der Waals surface area contributed by atoms with Gasteiger partial charge in [0.05, 0.1) is 17.9 Å². The van der Waals surface area contributed by atoms with E-state index < -0.39 is 16.8 Å². The summed E-state index contributed by atoms with van der Waals surface area (Å²) in [6.45, 7) is 6.37. The molecule has 19 heavy (non-hydrogen) atoms. The van der Waals surface area contributed by atoms with Crippen molar-refractivity contribution in [3.8, 4) is 5.75 Å². The SMILES string of the molecule is CC(C)C(C)S(=O)CCOc1cccc(C(=O)O)c1. The summed E-state index contributed by atoms with van der Waals surface area (Å²) in [6.07, 6.45) is 0. The van der Waals surface area contributed by atoms with Crippen molar-refractivity contribution in [2.45, 2.75) is 26.0 Å². The normalized spacial score (nSPS) is 14.1. The van der Waals surface area contributed by atoms with Gasteiger partial charge >= 0.3 is 5.97 Å². The fourth-order valence-electron chi connectivity index (χ4n) is 1.45. The van der Waals surface area contributed by atoms with Crippen LogP contribution in [0.1, 0.15) is 31.1 Å². The molecule has 0 amide bonds. The smallest absolute Gasteiger partial charge is 0.335 e. The first kappa shape index (κ1) is 15.7. The van der Waals surface area contributed by atoms with E-state index in [1.165, 1.54) is 12.1 Å². The van der Waals surface area contributed by atoms with Gasteiger partial charge in [0.1, 0.15) is 5.75 Å². The second kappa shape index (κ2) is 7.28. The lowest BCUT2D eigenvalue weighted by atomic mass is 10.2. The molecule has 0 fully saturated rings. The van der Waals surface area contributed by atoms with E-state index in [0.717, 1.165) is 0 Å². The van der Waals surface area contributed by atoms with Crippen molar-refractivity contribution < 1.29 is 18.8 Å². The Morgan fingerprint density at radius 3 is 2.63 bits per heavy atom. The number of hydrogen-bond donors (Lipinski definition) is 1. The molecule has 0 radical (unpaired) electrons. The molecule has 1 aromatic rings. The van der Waals surface area contributed by atoms with Gasteiger partial charge in [0.25, 0.3) is 0 Å². The highest BCUT2D eigenvalue weighted by molar-refractivity contribution is 7.85. The van der Waals surface area contributed by atoms with Gasteiger partial charge < -0.3 is 9.84 Å². The molecule has 106 valence electrons. The summed E-state index contributed by atoms with van der Waals surface area (Å²) < 4.78 is 17.3. The molecule has 0 spiro atoms. The topological polar surface area (TPSA) is 63.6 Å². The molecular weight excluding hydrogens is 264 g/mol. The minimum absolute atomic E-state index is 0.133. The summed E-state index contributed by atoms with van der Waals surface area (Å²) in [7, 11) is -0.924. The van der Waals surface area contributed by atoms with Crippen molar-refractivity contribution in [3.05, 3.63) is 29.8 Å². The van der Waals surface area contributed by atoms with Crippen LogP contribution in [0.15, 0.2) is 24.3 Å². The first-order valence-electron chi connectivity index (χ1n) is 6.25. The number of aromatic carboxylic acids is 1. The molecule has 2 atom stereocenters. The summed E-state index contributed by atoms with van der Waals surface area (Å²) in [5.74, 6) is 0.337. The second-order valence-electron chi connectivity index (χ2n) is 4.72. The van der Waals surface area contributed by atoms with Crippen LogP contribution in [0.25, 0.3) is 0 Å². The Kier molecular flexibility index (Phi) is 6.02. The third kappa shape index (κ3) is 5.03. The van der Waals surface area contributed by atoms with Crippen molar-refractivity contribution >= 4 is 16.8 Å². The fraction of sp³-hybridized carbons (Fsp3) is 0.500. The van der Waals surface area contributed by atoms with E-state index in [1.54, 1.807) is 12.1 Å². The summed E-state index contributed by atoms with van der Waals surface area (Å²) in [6, 6.07) is 6.30. The van der Waals surface area contributed by atoms with Crippen molar-refractivity contribution in [3.63, 3.8) is 0 Å². The zero-order valence-corrected chi connectivity index (χ0v) is 12.3. The predicted octanol–water partition coefficient (Wildman–Crippen LogP) is 2.56. The van der Waals surface area contributed by atoms with Crippen LogP contribution in [0.3, 0.4) is 0 Å². The maximum Gasteiger partial charge on any atom is 0.335 e. The molecule has 1 aromatic carbocycles. The molecule has 5 heteroatoms. The first-order valence-corrected chi connectivity index (χ1v) is 7.63. The molecule has 0 aliphatic heterocycles. The lowest BCUT2D eigenvalue weighted by Crippen LogP contribution is -2.22. The third-order valence-corrected chi connectivity index (χ3v) is 4.93. The lowest BCUT2D eigenvalue weighted by Gasteiger charge is -2.15. The Morgan fingerprint density at radius 2 is 2.05 bits per heavy atom. The van der Waals surface area contributed by atoms with Gasteiger partial charge in [0.15, 0.2) is 0 Å². The van der Waals surface area contributed by atoms with E-state index in [-0.39, 0.29) is 10.8 Å². The lowest BCUT2D eigenvalue weighted by molar-refractivity contribution is 0.0696. The van der Waals surface area contributed by atoms with E-state index >= 15 is 0 Å². The first-order chi connectivity index (χ1) is 8.91. The zero-order valence-electron chi connectivity index (χ0n) is 11.5. The van der Waals surface area contributed by atoms with Crippen molar-refractivity contribution in [1.82, 2.24) is 0 Å². The number of carbonyl (C=O) groups is 1. The molecule has 4 nitrogen and oxygen atoms in total. The van der Waals surface area contributed by atoms with Crippen LogP contribution in [0.2, 0.25) is 0 Å². The van der Waals surface area contributed by atoms with E-state index in [0.29, 0.717) is 24.0 Å². The Balaban J connectivity index is 2.47. The second-order valence-corrected chi connectivity index (χ2v) is 6.63. The van der Waals surface area contributed by atoms with E-state index in [4.69, 9.17) is 9.84 Å². The van der Waals surface area contributed by atoms with Gasteiger partial charge in [-0.1, -0.05) is 26.8 Å². The summed E-state index contributed by atoms with van der Waals surface area (Å²) in [4.78, 5) is 10.8. The van der Waals surface area contributed by atoms with E-state index in [1.807, 2.05) is 20.8 Å². The highest BCUT2D eigenvalue weighted by Crippen LogP contribution is 2.14. The molecule has 0 heterocycles. The van der Waals surface area contributed by atoms with Crippen LogP contribution in [-0.2, 0) is 10.8 Å². The van der Waals surface area contributed by atoms with Gasteiger partial charge in [-0.3, -0.25) is 4.21 Å². The van der Waals surface area contributed by atoms with Crippen LogP contribution in [0.5, 0.6) is 5.75 Å². The molecule has 2 unspecified atom stereocenters. The zero-order chi connectivity index (χ0) is 14.4. The van der Waals surface area contributed by atoms with Gasteiger partial charge in [0, 0.05) is 16.0 Å². The quantitative estimate of drug-likeness (QED) is 0.835. The van der Waals surface area contributed by atoms with Gasteiger partial charge in [0.2, 0.25) is 0 Å². The molecule has 0 saturated heterocycles. The van der Waals surface area contributed by atoms with Crippen LogP contribution >= 0.6 is 0 Å². The van der Waals surface area contributed by atoms with Crippen molar-refractivity contribution in [2.24, 2.45) is 5.92 Å². The fourth-order valence-corrected chi connectivity index (χ4v) is 2.68. The molecular formula is C14H20O4S. The average Bonchev–Trinajstić information content (AvgIpc) is 2.37. The van der Waals surface area contributed by atoms with E-state index in [9.17, 15) is 9.00 Å². The largest absolute Gasteiger partial charge is 0.493 e. The minimum atomic E-state index is -0.984. The Morgan fingerprint density at radius 1 is 1.37 bits per heavy atom. The molecule has 1 N–H and O–H groups in total. The van der Waals surface area contributed by atoms with Gasteiger partial charge in [-0.05, 0) is 24.1 Å². The number of carboxylic acids is 1. The number of rotatable bonds is 7. The Bertz CT molecular complexity index is 457. The van der Waals surface area contributed by atoms with Crippen LogP contribution in [0, 0.1) is 5.92 Å². The average molecular weight is 284 g/mol. The van der Waals surface area contributed by atoms with Gasteiger partial charge in [-0.15, -0.1) is 0 Å². The molecule has 0 saturated carbocycles. The summed E-state index contributed by atoms with van der Waals surface area (Å²) in [5, 5.41) is 8.99. The molecule has 1 rings (SSSR count). The third-order valence-electron chi connectivity index (χ3n) is 2.99. The number of hydrogen-bond acceptors (Lipinski definition) is 3.